The minimum absolute atomic E-state index is 0.0230. The molecule has 0 atom stereocenters. The van der Waals surface area contributed by atoms with Crippen molar-refractivity contribution in [1.29, 1.82) is 0 Å². The third kappa shape index (κ3) is 3.83. The van der Waals surface area contributed by atoms with Crippen molar-refractivity contribution in [3.63, 3.8) is 0 Å². The summed E-state index contributed by atoms with van der Waals surface area (Å²) in [5.41, 5.74) is 2.03. The Morgan fingerprint density at radius 2 is 1.35 bits per heavy atom. The molecule has 0 spiro atoms. The zero-order chi connectivity index (χ0) is 18.6. The first-order valence-electron chi connectivity index (χ1n) is 8.21. The highest BCUT2D eigenvalue weighted by Crippen LogP contribution is 2.21. The Kier molecular flexibility index (Phi) is 5.19. The molecule has 0 radical (unpaired) electrons. The largest absolute Gasteiger partial charge is 0.268 e. The first-order chi connectivity index (χ1) is 12.5. The van der Waals surface area contributed by atoms with Gasteiger partial charge in [0, 0.05) is 5.56 Å². The number of hydrogen-bond donors (Lipinski definition) is 0. The standard InChI is InChI=1S/C21H19NO3S/c1-17-12-14-20(15-13-17)26(24,25)22(16-18-8-4-2-5-9-18)21(23)19-10-6-3-7-11-19/h2-15H,16H2,1H3. The molecule has 3 aromatic carbocycles. The van der Waals surface area contributed by atoms with Gasteiger partial charge in [0.05, 0.1) is 11.4 Å². The lowest BCUT2D eigenvalue weighted by Gasteiger charge is -2.23. The van der Waals surface area contributed by atoms with Crippen LogP contribution in [0.3, 0.4) is 0 Å². The Morgan fingerprint density at radius 1 is 0.808 bits per heavy atom. The number of benzene rings is 3. The van der Waals surface area contributed by atoms with Crippen molar-refractivity contribution in [1.82, 2.24) is 4.31 Å². The summed E-state index contributed by atoms with van der Waals surface area (Å²) in [4.78, 5) is 13.1. The summed E-state index contributed by atoms with van der Waals surface area (Å²) < 4.78 is 27.3. The van der Waals surface area contributed by atoms with Gasteiger partial charge in [0.1, 0.15) is 0 Å². The Bertz CT molecular complexity index is 982. The van der Waals surface area contributed by atoms with Gasteiger partial charge in [-0.3, -0.25) is 4.79 Å². The van der Waals surface area contributed by atoms with E-state index in [9.17, 15) is 13.2 Å². The Morgan fingerprint density at radius 3 is 1.92 bits per heavy atom. The molecule has 132 valence electrons. The minimum atomic E-state index is -3.98. The molecule has 0 aliphatic rings. The molecule has 1 amide bonds. The summed E-state index contributed by atoms with van der Waals surface area (Å²) >= 11 is 0. The number of nitrogens with zero attached hydrogens (tertiary/aromatic N) is 1. The molecule has 0 fully saturated rings. The summed E-state index contributed by atoms with van der Waals surface area (Å²) in [6, 6.07) is 24.0. The van der Waals surface area contributed by atoms with E-state index in [0.717, 1.165) is 15.4 Å². The van der Waals surface area contributed by atoms with E-state index in [2.05, 4.69) is 0 Å². The molecule has 0 heterocycles. The van der Waals surface area contributed by atoms with Crippen molar-refractivity contribution in [2.75, 3.05) is 0 Å². The second-order valence-electron chi connectivity index (χ2n) is 5.98. The van der Waals surface area contributed by atoms with Crippen molar-refractivity contribution in [3.05, 3.63) is 102 Å². The molecule has 0 aliphatic carbocycles. The highest BCUT2D eigenvalue weighted by Gasteiger charge is 2.30. The normalized spacial score (nSPS) is 11.1. The van der Waals surface area contributed by atoms with E-state index in [-0.39, 0.29) is 11.4 Å². The Labute approximate surface area is 153 Å². The van der Waals surface area contributed by atoms with Gasteiger partial charge in [-0.15, -0.1) is 0 Å². The molecule has 26 heavy (non-hydrogen) atoms. The third-order valence-electron chi connectivity index (χ3n) is 4.03. The van der Waals surface area contributed by atoms with Gasteiger partial charge in [0.2, 0.25) is 0 Å². The van der Waals surface area contributed by atoms with Crippen molar-refractivity contribution in [2.24, 2.45) is 0 Å². The van der Waals surface area contributed by atoms with Crippen LogP contribution in [-0.2, 0) is 16.6 Å². The SMILES string of the molecule is Cc1ccc(S(=O)(=O)N(Cc2ccccc2)C(=O)c2ccccc2)cc1. The first-order valence-corrected chi connectivity index (χ1v) is 9.65. The Hall–Kier alpha value is -2.92. The number of hydrogen-bond acceptors (Lipinski definition) is 3. The average molecular weight is 365 g/mol. The highest BCUT2D eigenvalue weighted by atomic mass is 32.2. The maximum Gasteiger partial charge on any atom is 0.267 e. The van der Waals surface area contributed by atoms with E-state index >= 15 is 0 Å². The van der Waals surface area contributed by atoms with Gasteiger partial charge in [0.25, 0.3) is 15.9 Å². The molecule has 3 aromatic rings. The second kappa shape index (κ2) is 7.54. The molecule has 4 nitrogen and oxygen atoms in total. The summed E-state index contributed by atoms with van der Waals surface area (Å²) in [7, 11) is -3.98. The van der Waals surface area contributed by atoms with Gasteiger partial charge in [-0.1, -0.05) is 66.2 Å². The van der Waals surface area contributed by atoms with Crippen LogP contribution in [0.1, 0.15) is 21.5 Å². The fraction of sp³-hybridized carbons (Fsp3) is 0.0952. The summed E-state index contributed by atoms with van der Waals surface area (Å²) in [5, 5.41) is 0. The lowest BCUT2D eigenvalue weighted by molar-refractivity contribution is 0.0855. The molecule has 0 aliphatic heterocycles. The van der Waals surface area contributed by atoms with Crippen LogP contribution in [0.25, 0.3) is 0 Å². The molecule has 0 N–H and O–H groups in total. The number of carbonyl (C=O) groups excluding carboxylic acids is 1. The van der Waals surface area contributed by atoms with Gasteiger partial charge in [-0.2, -0.15) is 0 Å². The van der Waals surface area contributed by atoms with Crippen molar-refractivity contribution in [2.45, 2.75) is 18.4 Å². The summed E-state index contributed by atoms with van der Waals surface area (Å²) in [6.45, 7) is 1.86. The lowest BCUT2D eigenvalue weighted by Crippen LogP contribution is -2.36. The van der Waals surface area contributed by atoms with Crippen LogP contribution in [-0.4, -0.2) is 18.6 Å². The van der Waals surface area contributed by atoms with E-state index in [1.165, 1.54) is 12.1 Å². The average Bonchev–Trinajstić information content (AvgIpc) is 2.67. The minimum Gasteiger partial charge on any atom is -0.268 e. The number of rotatable bonds is 5. The molecule has 0 saturated carbocycles. The van der Waals surface area contributed by atoms with Crippen LogP contribution in [0.2, 0.25) is 0 Å². The fourth-order valence-corrected chi connectivity index (χ4v) is 3.95. The van der Waals surface area contributed by atoms with Crippen LogP contribution in [0.4, 0.5) is 0 Å². The zero-order valence-corrected chi connectivity index (χ0v) is 15.2. The van der Waals surface area contributed by atoms with Crippen molar-refractivity contribution < 1.29 is 13.2 Å². The van der Waals surface area contributed by atoms with E-state index in [0.29, 0.717) is 5.56 Å². The van der Waals surface area contributed by atoms with E-state index in [1.54, 1.807) is 54.6 Å². The van der Waals surface area contributed by atoms with E-state index < -0.39 is 15.9 Å². The van der Waals surface area contributed by atoms with E-state index in [4.69, 9.17) is 0 Å². The van der Waals surface area contributed by atoms with Gasteiger partial charge in [-0.25, -0.2) is 12.7 Å². The highest BCUT2D eigenvalue weighted by molar-refractivity contribution is 7.89. The third-order valence-corrected chi connectivity index (χ3v) is 5.77. The predicted molar refractivity (Wildman–Crippen MR) is 101 cm³/mol. The van der Waals surface area contributed by atoms with Gasteiger partial charge in [-0.05, 0) is 36.8 Å². The number of carbonyl (C=O) groups is 1. The van der Waals surface area contributed by atoms with Gasteiger partial charge < -0.3 is 0 Å². The zero-order valence-electron chi connectivity index (χ0n) is 14.4. The lowest BCUT2D eigenvalue weighted by atomic mass is 10.2. The molecule has 0 bridgehead atoms. The van der Waals surface area contributed by atoms with Crippen molar-refractivity contribution >= 4 is 15.9 Å². The molecular formula is C21H19NO3S. The van der Waals surface area contributed by atoms with Gasteiger partial charge in [0.15, 0.2) is 0 Å². The summed E-state index contributed by atoms with van der Waals surface area (Å²) in [5.74, 6) is -0.546. The predicted octanol–water partition coefficient (Wildman–Crippen LogP) is 4.03. The number of amides is 1. The monoisotopic (exact) mass is 365 g/mol. The van der Waals surface area contributed by atoms with E-state index in [1.807, 2.05) is 25.1 Å². The molecule has 5 heteroatoms. The fourth-order valence-electron chi connectivity index (χ4n) is 2.58. The topological polar surface area (TPSA) is 54.5 Å². The molecule has 3 rings (SSSR count). The number of sulfonamides is 1. The van der Waals surface area contributed by atoms with Crippen LogP contribution in [0.5, 0.6) is 0 Å². The second-order valence-corrected chi connectivity index (χ2v) is 7.84. The quantitative estimate of drug-likeness (QED) is 0.686. The van der Waals surface area contributed by atoms with Crippen LogP contribution in [0.15, 0.2) is 89.8 Å². The molecule has 0 aromatic heterocycles. The smallest absolute Gasteiger partial charge is 0.267 e. The van der Waals surface area contributed by atoms with Crippen LogP contribution in [0, 0.1) is 6.92 Å². The summed E-state index contributed by atoms with van der Waals surface area (Å²) in [6.07, 6.45) is 0. The number of aryl methyl sites for hydroxylation is 1. The van der Waals surface area contributed by atoms with Crippen LogP contribution >= 0.6 is 0 Å². The van der Waals surface area contributed by atoms with Crippen molar-refractivity contribution in [3.8, 4) is 0 Å². The van der Waals surface area contributed by atoms with Crippen LogP contribution < -0.4 is 0 Å². The maximum absolute atomic E-state index is 13.2. The Balaban J connectivity index is 2.04. The molecule has 0 saturated heterocycles. The van der Waals surface area contributed by atoms with Gasteiger partial charge >= 0.3 is 0 Å². The molecular weight excluding hydrogens is 346 g/mol. The molecule has 0 unspecified atom stereocenters. The maximum atomic E-state index is 13.2. The first kappa shape index (κ1) is 17.9.